The number of benzene rings is 1. The van der Waals surface area contributed by atoms with E-state index in [1.165, 1.54) is 6.20 Å². The maximum absolute atomic E-state index is 13.2. The number of carboxylic acids is 1. The summed E-state index contributed by atoms with van der Waals surface area (Å²) in [5.41, 5.74) is 3.42. The van der Waals surface area contributed by atoms with Crippen molar-refractivity contribution in [3.63, 3.8) is 0 Å². The molecule has 2 atom stereocenters. The third-order valence-corrected chi connectivity index (χ3v) is 7.41. The molecule has 1 amide bonds. The molecule has 9 heteroatoms. The van der Waals surface area contributed by atoms with E-state index >= 15 is 0 Å². The molecule has 0 aliphatic carbocycles. The van der Waals surface area contributed by atoms with Gasteiger partial charge in [-0.25, -0.2) is 14.5 Å². The Morgan fingerprint density at radius 1 is 1.03 bits per heavy atom. The number of aromatic nitrogens is 3. The van der Waals surface area contributed by atoms with Crippen LogP contribution in [0, 0.1) is 0 Å². The summed E-state index contributed by atoms with van der Waals surface area (Å²) < 4.78 is 1.91. The fourth-order valence-electron chi connectivity index (χ4n) is 5.69. The van der Waals surface area contributed by atoms with E-state index < -0.39 is 5.97 Å². The number of amides is 1. The fourth-order valence-corrected chi connectivity index (χ4v) is 5.69. The van der Waals surface area contributed by atoms with E-state index in [0.29, 0.717) is 31.7 Å². The van der Waals surface area contributed by atoms with Crippen LogP contribution in [0.25, 0.3) is 5.69 Å². The van der Waals surface area contributed by atoms with Gasteiger partial charge in [0.1, 0.15) is 5.82 Å². The summed E-state index contributed by atoms with van der Waals surface area (Å²) >= 11 is 0. The van der Waals surface area contributed by atoms with Crippen molar-refractivity contribution in [1.82, 2.24) is 24.6 Å². The van der Waals surface area contributed by atoms with Crippen molar-refractivity contribution in [3.05, 3.63) is 71.7 Å². The van der Waals surface area contributed by atoms with Crippen molar-refractivity contribution in [3.8, 4) is 5.69 Å². The Balaban J connectivity index is 1.09. The van der Waals surface area contributed by atoms with Crippen molar-refractivity contribution < 1.29 is 14.7 Å². The molecule has 0 radical (unpaired) electrons. The Hall–Kier alpha value is -3.72. The zero-order valence-corrected chi connectivity index (χ0v) is 19.5. The number of rotatable bonds is 5. The first-order valence-corrected chi connectivity index (χ1v) is 12.2. The van der Waals surface area contributed by atoms with Gasteiger partial charge in [0.15, 0.2) is 0 Å². The van der Waals surface area contributed by atoms with Crippen LogP contribution in [0.15, 0.2) is 54.9 Å². The number of hydrogen-bond donors (Lipinski definition) is 1. The number of hydrogen-bond acceptors (Lipinski definition) is 6. The lowest BCUT2D eigenvalue weighted by Gasteiger charge is -2.42. The Kier molecular flexibility index (Phi) is 5.49. The van der Waals surface area contributed by atoms with Crippen LogP contribution in [0.3, 0.4) is 0 Å². The monoisotopic (exact) mass is 472 g/mol. The molecule has 1 aromatic carbocycles. The molecule has 9 nitrogen and oxygen atoms in total. The summed E-state index contributed by atoms with van der Waals surface area (Å²) in [6.07, 6.45) is 6.37. The van der Waals surface area contributed by atoms with Crippen LogP contribution in [-0.4, -0.2) is 79.8 Å². The van der Waals surface area contributed by atoms with Gasteiger partial charge < -0.3 is 14.9 Å². The molecule has 2 aromatic heterocycles. The number of fused-ring (bicyclic) bond motifs is 3. The van der Waals surface area contributed by atoms with Gasteiger partial charge in [0, 0.05) is 62.6 Å². The number of carboxylic acid groups (broad SMARTS) is 1. The van der Waals surface area contributed by atoms with Crippen LogP contribution < -0.4 is 4.90 Å². The van der Waals surface area contributed by atoms with Crippen LogP contribution in [0.5, 0.6) is 0 Å². The number of nitrogens with zero attached hydrogens (tertiary/aromatic N) is 6. The molecule has 3 aliphatic heterocycles. The summed E-state index contributed by atoms with van der Waals surface area (Å²) in [7, 11) is 0. The lowest BCUT2D eigenvalue weighted by molar-refractivity contribution is -0.133. The van der Waals surface area contributed by atoms with Crippen molar-refractivity contribution in [2.75, 3.05) is 31.1 Å². The van der Waals surface area contributed by atoms with Gasteiger partial charge >= 0.3 is 5.97 Å². The van der Waals surface area contributed by atoms with Crippen molar-refractivity contribution in [2.24, 2.45) is 0 Å². The molecule has 0 saturated carbocycles. The van der Waals surface area contributed by atoms with Crippen molar-refractivity contribution >= 4 is 17.7 Å². The molecule has 180 valence electrons. The highest BCUT2D eigenvalue weighted by Gasteiger charge is 2.41. The molecule has 2 saturated heterocycles. The lowest BCUT2D eigenvalue weighted by Crippen LogP contribution is -2.56. The average molecular weight is 473 g/mol. The molecule has 2 unspecified atom stereocenters. The minimum Gasteiger partial charge on any atom is -0.478 e. The molecule has 1 N–H and O–H groups in total. The third-order valence-electron chi connectivity index (χ3n) is 7.41. The summed E-state index contributed by atoms with van der Waals surface area (Å²) in [5, 5.41) is 13.9. The van der Waals surface area contributed by atoms with Gasteiger partial charge in [-0.15, -0.1) is 0 Å². The van der Waals surface area contributed by atoms with E-state index in [9.17, 15) is 9.59 Å². The van der Waals surface area contributed by atoms with Crippen LogP contribution in [0.1, 0.15) is 34.5 Å². The van der Waals surface area contributed by atoms with E-state index in [0.717, 1.165) is 55.1 Å². The van der Waals surface area contributed by atoms with Gasteiger partial charge in [-0.05, 0) is 37.1 Å². The highest BCUT2D eigenvalue weighted by molar-refractivity contribution is 5.87. The summed E-state index contributed by atoms with van der Waals surface area (Å²) in [6.45, 7) is 3.36. The molecule has 3 aromatic rings. The molecular weight excluding hydrogens is 444 g/mol. The van der Waals surface area contributed by atoms with E-state index in [2.05, 4.69) is 14.8 Å². The Morgan fingerprint density at radius 2 is 1.80 bits per heavy atom. The van der Waals surface area contributed by atoms with Crippen LogP contribution in [-0.2, 0) is 17.8 Å². The molecule has 5 heterocycles. The number of para-hydroxylation sites is 1. The minimum atomic E-state index is -0.965. The van der Waals surface area contributed by atoms with Crippen molar-refractivity contribution in [2.45, 2.75) is 37.9 Å². The van der Waals surface area contributed by atoms with E-state index in [4.69, 9.17) is 10.2 Å². The highest BCUT2D eigenvalue weighted by atomic mass is 16.4. The number of carbonyl (C=O) groups excluding carboxylic acids is 1. The lowest BCUT2D eigenvalue weighted by atomic mass is 10.1. The van der Waals surface area contributed by atoms with Gasteiger partial charge in [-0.2, -0.15) is 5.10 Å². The van der Waals surface area contributed by atoms with Crippen LogP contribution in [0.2, 0.25) is 0 Å². The van der Waals surface area contributed by atoms with Gasteiger partial charge in [0.25, 0.3) is 0 Å². The Labute approximate surface area is 203 Å². The topological polar surface area (TPSA) is 94.8 Å². The molecule has 2 bridgehead atoms. The first-order chi connectivity index (χ1) is 17.0. The van der Waals surface area contributed by atoms with Gasteiger partial charge in [-0.3, -0.25) is 9.69 Å². The second kappa shape index (κ2) is 8.81. The van der Waals surface area contributed by atoms with Crippen LogP contribution >= 0.6 is 0 Å². The van der Waals surface area contributed by atoms with E-state index in [1.807, 2.05) is 46.1 Å². The first kappa shape index (κ1) is 21.8. The number of anilines is 1. The second-order valence-corrected chi connectivity index (χ2v) is 9.64. The molecule has 35 heavy (non-hydrogen) atoms. The first-order valence-electron chi connectivity index (χ1n) is 12.2. The zero-order valence-electron chi connectivity index (χ0n) is 19.5. The number of carbonyl (C=O) groups is 2. The molecule has 2 fully saturated rings. The van der Waals surface area contributed by atoms with Gasteiger partial charge in [0.2, 0.25) is 5.91 Å². The molecule has 6 rings (SSSR count). The van der Waals surface area contributed by atoms with Gasteiger partial charge in [0.05, 0.1) is 23.5 Å². The van der Waals surface area contributed by atoms with Gasteiger partial charge in [-0.1, -0.05) is 18.2 Å². The summed E-state index contributed by atoms with van der Waals surface area (Å²) in [6, 6.07) is 14.1. The predicted octanol–water partition coefficient (Wildman–Crippen LogP) is 2.20. The largest absolute Gasteiger partial charge is 0.478 e. The Bertz CT molecular complexity index is 1230. The van der Waals surface area contributed by atoms with Crippen molar-refractivity contribution in [1.29, 1.82) is 0 Å². The summed E-state index contributed by atoms with van der Waals surface area (Å²) in [4.78, 5) is 35.3. The standard InChI is InChI=1S/C26H28N6O3/c33-25(30-11-10-23-19(13-30)14-31(28-23)20-4-2-1-3-5-20)17-29-15-21-7-8-22(16-29)32(21)24-9-6-18(12-27-24)26(34)35/h1-6,9,12,14,21-22H,7-8,10-11,13,15-17H2,(H,34,35). The smallest absolute Gasteiger partial charge is 0.337 e. The highest BCUT2D eigenvalue weighted by Crippen LogP contribution is 2.34. The Morgan fingerprint density at radius 3 is 2.49 bits per heavy atom. The third kappa shape index (κ3) is 4.16. The maximum atomic E-state index is 13.2. The number of aromatic carboxylic acids is 1. The number of likely N-dealkylation sites (tertiary alicyclic amines) is 1. The molecule has 0 spiro atoms. The second-order valence-electron chi connectivity index (χ2n) is 9.64. The maximum Gasteiger partial charge on any atom is 0.337 e. The van der Waals surface area contributed by atoms with Crippen LogP contribution in [0.4, 0.5) is 5.82 Å². The minimum absolute atomic E-state index is 0.167. The average Bonchev–Trinajstić information content (AvgIpc) is 3.42. The fraction of sp³-hybridized carbons (Fsp3) is 0.385. The predicted molar refractivity (Wildman–Crippen MR) is 130 cm³/mol. The number of pyridine rings is 1. The quantitative estimate of drug-likeness (QED) is 0.608. The number of piperazine rings is 1. The molecular formula is C26H28N6O3. The molecule has 3 aliphatic rings. The van der Waals surface area contributed by atoms with E-state index in [1.54, 1.807) is 12.1 Å². The SMILES string of the molecule is O=C(O)c1ccc(N2C3CCC2CN(CC(=O)N2CCc4nn(-c5ccccc5)cc4C2)C3)nc1. The van der Waals surface area contributed by atoms with E-state index in [-0.39, 0.29) is 11.5 Å². The normalized spacial score (nSPS) is 21.7. The zero-order chi connectivity index (χ0) is 23.9. The summed E-state index contributed by atoms with van der Waals surface area (Å²) in [5.74, 6) is 0.0277.